The lowest BCUT2D eigenvalue weighted by atomic mass is 9.90. The highest BCUT2D eigenvalue weighted by Gasteiger charge is 2.28. The van der Waals surface area contributed by atoms with Crippen LogP contribution in [-0.2, 0) is 26.1 Å². The number of nitrogens with zero attached hydrogens (tertiary/aromatic N) is 4. The minimum absolute atomic E-state index is 0.253. The first-order valence-electron chi connectivity index (χ1n) is 13.3. The van der Waals surface area contributed by atoms with E-state index in [1.54, 1.807) is 0 Å². The van der Waals surface area contributed by atoms with Gasteiger partial charge in [0.2, 0.25) is 0 Å². The zero-order chi connectivity index (χ0) is 25.7. The Balaban J connectivity index is 1.23. The fraction of sp³-hybridized carbons (Fsp3) is 0.219. The van der Waals surface area contributed by atoms with Gasteiger partial charge in [0.25, 0.3) is 0 Å². The molecule has 2 heterocycles. The molecule has 0 amide bonds. The molecule has 6 rings (SSSR count). The smallest absolute Gasteiger partial charge is 0.125 e. The molecule has 0 bridgehead atoms. The van der Waals surface area contributed by atoms with Gasteiger partial charge in [0.15, 0.2) is 0 Å². The average molecular weight is 501 g/mol. The van der Waals surface area contributed by atoms with Crippen LogP contribution >= 0.6 is 0 Å². The highest BCUT2D eigenvalue weighted by atomic mass is 15.2. The fourth-order valence-corrected chi connectivity index (χ4v) is 5.35. The molecule has 6 heteroatoms. The number of aryl methyl sites for hydroxylation is 1. The van der Waals surface area contributed by atoms with E-state index in [1.807, 2.05) is 48.7 Å². The van der Waals surface area contributed by atoms with Crippen LogP contribution in [0.15, 0.2) is 102 Å². The second-order valence-corrected chi connectivity index (χ2v) is 9.95. The number of fused-ring (bicyclic) bond motifs is 2. The highest BCUT2D eigenvalue weighted by Crippen LogP contribution is 2.34. The maximum Gasteiger partial charge on any atom is 0.125 e. The summed E-state index contributed by atoms with van der Waals surface area (Å²) in [6.07, 6.45) is 5.28. The molecule has 1 unspecified atom stereocenters. The van der Waals surface area contributed by atoms with E-state index in [4.69, 9.17) is 15.7 Å². The molecule has 3 N–H and O–H groups in total. The third kappa shape index (κ3) is 5.36. The third-order valence-electron chi connectivity index (χ3n) is 7.31. The molecule has 1 aliphatic carbocycles. The Kier molecular flexibility index (Phi) is 6.96. The first-order chi connectivity index (χ1) is 18.7. The zero-order valence-electron chi connectivity index (χ0n) is 21.4. The first-order valence-corrected chi connectivity index (χ1v) is 13.3. The van der Waals surface area contributed by atoms with E-state index < -0.39 is 0 Å². The zero-order valence-corrected chi connectivity index (χ0v) is 21.4. The van der Waals surface area contributed by atoms with Gasteiger partial charge in [-0.15, -0.1) is 0 Å². The third-order valence-corrected chi connectivity index (χ3v) is 7.31. The highest BCUT2D eigenvalue weighted by molar-refractivity contribution is 5.97. The summed E-state index contributed by atoms with van der Waals surface area (Å²) in [6, 6.07) is 31.4. The van der Waals surface area contributed by atoms with E-state index >= 15 is 0 Å². The minimum Gasteiger partial charge on any atom is -0.383 e. The summed E-state index contributed by atoms with van der Waals surface area (Å²) in [4.78, 5) is 20.3. The van der Waals surface area contributed by atoms with Crippen molar-refractivity contribution in [2.45, 2.75) is 44.9 Å². The van der Waals surface area contributed by atoms with Crippen LogP contribution in [0.2, 0.25) is 0 Å². The van der Waals surface area contributed by atoms with Crippen molar-refractivity contribution in [3.63, 3.8) is 0 Å². The molecule has 0 radical (unpaired) electrons. The fourth-order valence-electron chi connectivity index (χ4n) is 5.35. The lowest BCUT2D eigenvalue weighted by Crippen LogP contribution is -2.31. The van der Waals surface area contributed by atoms with E-state index in [-0.39, 0.29) is 6.04 Å². The number of aliphatic imine (C=N–C) groups is 1. The number of aromatic amines is 1. The van der Waals surface area contributed by atoms with Gasteiger partial charge in [0, 0.05) is 18.3 Å². The standard InChI is InChI=1S/C32H32N6/c33-32(26-8-2-1-3-9-26)35-20-23-15-17-24(18-16-23)21-38(22-30-36-27-12-4-5-13-28(27)37-30)29-14-6-10-25-11-7-19-34-31(25)29/h1-5,7-9,11-13,15-19,29H,6,10,14,20-22H2,(H2,33,35)(H,36,37). The van der Waals surface area contributed by atoms with Crippen LogP contribution in [0, 0.1) is 0 Å². The molecule has 5 aromatic rings. The molecule has 38 heavy (non-hydrogen) atoms. The lowest BCUT2D eigenvalue weighted by Gasteiger charge is -2.34. The molecule has 190 valence electrons. The number of hydrogen-bond acceptors (Lipinski definition) is 4. The van der Waals surface area contributed by atoms with Crippen LogP contribution in [0.1, 0.15) is 52.7 Å². The summed E-state index contributed by atoms with van der Waals surface area (Å²) in [5.74, 6) is 1.55. The predicted octanol–water partition coefficient (Wildman–Crippen LogP) is 5.94. The predicted molar refractivity (Wildman–Crippen MR) is 153 cm³/mol. The maximum absolute atomic E-state index is 6.19. The Hall–Kier alpha value is -4.29. The number of imidazole rings is 1. The van der Waals surface area contributed by atoms with Gasteiger partial charge in [0.1, 0.15) is 11.7 Å². The van der Waals surface area contributed by atoms with E-state index in [2.05, 4.69) is 63.4 Å². The molecule has 1 aliphatic rings. The van der Waals surface area contributed by atoms with Crippen molar-refractivity contribution >= 4 is 16.9 Å². The normalized spacial score (nSPS) is 15.6. The van der Waals surface area contributed by atoms with Crippen LogP contribution in [0.25, 0.3) is 11.0 Å². The van der Waals surface area contributed by atoms with E-state index in [0.29, 0.717) is 12.4 Å². The van der Waals surface area contributed by atoms with Gasteiger partial charge in [-0.1, -0.05) is 72.8 Å². The number of para-hydroxylation sites is 2. The molecular weight excluding hydrogens is 468 g/mol. The molecular formula is C32H32N6. The van der Waals surface area contributed by atoms with Crippen molar-refractivity contribution < 1.29 is 0 Å². The van der Waals surface area contributed by atoms with E-state index in [9.17, 15) is 0 Å². The van der Waals surface area contributed by atoms with Crippen LogP contribution in [0.4, 0.5) is 0 Å². The van der Waals surface area contributed by atoms with Crippen molar-refractivity contribution in [2.24, 2.45) is 10.7 Å². The SMILES string of the molecule is NC(=NCc1ccc(CN(Cc2nc3ccccc3[nH]2)C2CCCc3cccnc32)cc1)c1ccccc1. The molecule has 0 fully saturated rings. The van der Waals surface area contributed by atoms with Gasteiger partial charge in [-0.2, -0.15) is 0 Å². The minimum atomic E-state index is 0.253. The van der Waals surface area contributed by atoms with Crippen LogP contribution in [-0.4, -0.2) is 25.7 Å². The summed E-state index contributed by atoms with van der Waals surface area (Å²) in [5.41, 5.74) is 14.2. The van der Waals surface area contributed by atoms with Crippen molar-refractivity contribution in [3.05, 3.63) is 131 Å². The van der Waals surface area contributed by atoms with Crippen molar-refractivity contribution in [1.82, 2.24) is 19.9 Å². The number of pyridine rings is 1. The lowest BCUT2D eigenvalue weighted by molar-refractivity contribution is 0.153. The number of nitrogens with one attached hydrogen (secondary N) is 1. The Labute approximate surface area is 223 Å². The number of amidine groups is 1. The summed E-state index contributed by atoms with van der Waals surface area (Å²) >= 11 is 0. The van der Waals surface area contributed by atoms with Gasteiger partial charge in [-0.3, -0.25) is 14.9 Å². The molecule has 1 atom stereocenters. The van der Waals surface area contributed by atoms with Gasteiger partial charge in [-0.05, 0) is 54.2 Å². The van der Waals surface area contributed by atoms with Crippen molar-refractivity contribution in [1.29, 1.82) is 0 Å². The van der Waals surface area contributed by atoms with Gasteiger partial charge in [-0.25, -0.2) is 4.98 Å². The Morgan fingerprint density at radius 3 is 2.53 bits per heavy atom. The average Bonchev–Trinajstić information content (AvgIpc) is 3.39. The molecule has 0 saturated heterocycles. The molecule has 3 aromatic carbocycles. The summed E-state index contributed by atoms with van der Waals surface area (Å²) in [7, 11) is 0. The summed E-state index contributed by atoms with van der Waals surface area (Å²) < 4.78 is 0. The molecule has 0 aliphatic heterocycles. The van der Waals surface area contributed by atoms with Crippen LogP contribution in [0.5, 0.6) is 0 Å². The Bertz CT molecular complexity index is 1500. The van der Waals surface area contributed by atoms with Crippen molar-refractivity contribution in [2.75, 3.05) is 0 Å². The second kappa shape index (κ2) is 11.0. The first kappa shape index (κ1) is 24.1. The Morgan fingerprint density at radius 1 is 0.895 bits per heavy atom. The van der Waals surface area contributed by atoms with Gasteiger partial charge >= 0.3 is 0 Å². The number of benzene rings is 3. The molecule has 0 spiro atoms. The van der Waals surface area contributed by atoms with E-state index in [0.717, 1.165) is 53.9 Å². The second-order valence-electron chi connectivity index (χ2n) is 9.95. The Morgan fingerprint density at radius 2 is 1.68 bits per heavy atom. The van der Waals surface area contributed by atoms with Gasteiger partial charge < -0.3 is 10.7 Å². The topological polar surface area (TPSA) is 83.2 Å². The van der Waals surface area contributed by atoms with Crippen molar-refractivity contribution in [3.8, 4) is 0 Å². The van der Waals surface area contributed by atoms with Crippen LogP contribution in [0.3, 0.4) is 0 Å². The largest absolute Gasteiger partial charge is 0.383 e. The monoisotopic (exact) mass is 500 g/mol. The van der Waals surface area contributed by atoms with E-state index in [1.165, 1.54) is 23.2 Å². The molecule has 2 aromatic heterocycles. The number of rotatable bonds is 8. The number of aromatic nitrogens is 3. The van der Waals surface area contributed by atoms with Crippen LogP contribution < -0.4 is 5.73 Å². The number of H-pyrrole nitrogens is 1. The number of nitrogens with two attached hydrogens (primary N) is 1. The number of hydrogen-bond donors (Lipinski definition) is 2. The maximum atomic E-state index is 6.19. The molecule has 6 nitrogen and oxygen atoms in total. The van der Waals surface area contributed by atoms with Gasteiger partial charge in [0.05, 0.1) is 35.9 Å². The summed E-state index contributed by atoms with van der Waals surface area (Å²) in [6.45, 7) is 2.10. The summed E-state index contributed by atoms with van der Waals surface area (Å²) in [5, 5.41) is 0. The molecule has 0 saturated carbocycles. The quantitative estimate of drug-likeness (QED) is 0.204.